The molecule has 1 N–H and O–H groups in total. The zero-order valence-corrected chi connectivity index (χ0v) is 20.0. The Balaban J connectivity index is 1.77. The number of hydrogen-bond donors (Lipinski definition) is 1. The lowest BCUT2D eigenvalue weighted by Gasteiger charge is -2.37. The van der Waals surface area contributed by atoms with Crippen molar-refractivity contribution in [2.24, 2.45) is 5.41 Å². The fourth-order valence-corrected chi connectivity index (χ4v) is 5.04. The van der Waals surface area contributed by atoms with Crippen LogP contribution in [-0.2, 0) is 4.79 Å². The van der Waals surface area contributed by atoms with Gasteiger partial charge in [-0.1, -0.05) is 38.1 Å². The zero-order chi connectivity index (χ0) is 24.7. The maximum absolute atomic E-state index is 14.1. The van der Waals surface area contributed by atoms with Crippen LogP contribution in [0.5, 0.6) is 5.75 Å². The van der Waals surface area contributed by atoms with Gasteiger partial charge in [0.2, 0.25) is 0 Å². The van der Waals surface area contributed by atoms with Crippen LogP contribution < -0.4 is 15.0 Å². The minimum Gasteiger partial charge on any atom is -0.497 e. The van der Waals surface area contributed by atoms with Crippen molar-refractivity contribution in [1.29, 1.82) is 0 Å². The van der Waals surface area contributed by atoms with Crippen LogP contribution in [0, 0.1) is 11.2 Å². The Morgan fingerprint density at radius 3 is 2.37 bits per heavy atom. The molecule has 1 aliphatic heterocycles. The Kier molecular flexibility index (Phi) is 5.67. The summed E-state index contributed by atoms with van der Waals surface area (Å²) in [5, 5.41) is 3.50. The molecular formula is C29H27FN2O3. The molecule has 2 aliphatic rings. The molecule has 0 saturated carbocycles. The Bertz CT molecular complexity index is 1330. The number of amides is 1. The molecule has 5 nitrogen and oxygen atoms in total. The summed E-state index contributed by atoms with van der Waals surface area (Å²) in [6, 6.07) is 19.8. The van der Waals surface area contributed by atoms with Gasteiger partial charge in [-0.2, -0.15) is 0 Å². The number of para-hydroxylation sites is 2. The van der Waals surface area contributed by atoms with Gasteiger partial charge in [-0.25, -0.2) is 4.39 Å². The Morgan fingerprint density at radius 1 is 1.00 bits per heavy atom. The van der Waals surface area contributed by atoms with Gasteiger partial charge in [-0.05, 0) is 65.9 Å². The second kappa shape index (κ2) is 8.69. The molecule has 5 rings (SSSR count). The molecule has 1 amide bonds. The van der Waals surface area contributed by atoms with Crippen molar-refractivity contribution in [2.45, 2.75) is 32.7 Å². The molecule has 3 aromatic carbocycles. The number of halogens is 1. The van der Waals surface area contributed by atoms with Gasteiger partial charge in [0.15, 0.2) is 5.78 Å². The molecule has 0 spiro atoms. The monoisotopic (exact) mass is 470 g/mol. The molecule has 0 bridgehead atoms. The molecule has 0 saturated heterocycles. The maximum Gasteiger partial charge on any atom is 0.259 e. The summed E-state index contributed by atoms with van der Waals surface area (Å²) in [5.74, 6) is -0.0378. The van der Waals surface area contributed by atoms with E-state index in [4.69, 9.17) is 4.74 Å². The lowest BCUT2D eigenvalue weighted by atomic mass is 9.73. The van der Waals surface area contributed by atoms with Crippen LogP contribution in [0.1, 0.15) is 48.7 Å². The number of carbonyl (C=O) groups is 2. The molecule has 1 heterocycles. The number of methoxy groups -OCH3 is 1. The number of ketones is 1. The fourth-order valence-electron chi connectivity index (χ4n) is 5.04. The van der Waals surface area contributed by atoms with E-state index in [1.807, 2.05) is 48.5 Å². The summed E-state index contributed by atoms with van der Waals surface area (Å²) >= 11 is 0. The van der Waals surface area contributed by atoms with E-state index >= 15 is 0 Å². The Labute approximate surface area is 204 Å². The molecule has 0 aromatic heterocycles. The van der Waals surface area contributed by atoms with Crippen LogP contribution in [0.3, 0.4) is 0 Å². The minimum atomic E-state index is -0.659. The van der Waals surface area contributed by atoms with E-state index in [1.165, 1.54) is 24.3 Å². The van der Waals surface area contributed by atoms with Gasteiger partial charge in [0.25, 0.3) is 5.91 Å². The number of allylic oxidation sites excluding steroid dienone is 1. The van der Waals surface area contributed by atoms with Crippen molar-refractivity contribution < 1.29 is 18.7 Å². The molecule has 1 atom stereocenters. The van der Waals surface area contributed by atoms with Crippen LogP contribution in [0.25, 0.3) is 0 Å². The van der Waals surface area contributed by atoms with Crippen molar-refractivity contribution in [1.82, 2.24) is 0 Å². The van der Waals surface area contributed by atoms with Gasteiger partial charge in [0.1, 0.15) is 11.6 Å². The number of anilines is 2. The summed E-state index contributed by atoms with van der Waals surface area (Å²) < 4.78 is 19.0. The lowest BCUT2D eigenvalue weighted by Crippen LogP contribution is -2.39. The number of carbonyl (C=O) groups excluding carboxylic acids is 2. The van der Waals surface area contributed by atoms with E-state index < -0.39 is 11.9 Å². The number of nitrogens with zero attached hydrogens (tertiary/aromatic N) is 1. The molecule has 0 radical (unpaired) electrons. The van der Waals surface area contributed by atoms with Gasteiger partial charge in [0, 0.05) is 23.3 Å². The molecule has 35 heavy (non-hydrogen) atoms. The highest BCUT2D eigenvalue weighted by molar-refractivity contribution is 6.12. The molecular weight excluding hydrogens is 443 g/mol. The van der Waals surface area contributed by atoms with Crippen LogP contribution in [0.2, 0.25) is 0 Å². The van der Waals surface area contributed by atoms with E-state index in [2.05, 4.69) is 19.2 Å². The lowest BCUT2D eigenvalue weighted by molar-refractivity contribution is -0.118. The first-order chi connectivity index (χ1) is 16.8. The third kappa shape index (κ3) is 4.20. The third-order valence-corrected chi connectivity index (χ3v) is 6.64. The molecule has 3 aromatic rings. The van der Waals surface area contributed by atoms with E-state index in [-0.39, 0.29) is 17.1 Å². The zero-order valence-electron chi connectivity index (χ0n) is 20.0. The number of hydrogen-bond acceptors (Lipinski definition) is 4. The van der Waals surface area contributed by atoms with Gasteiger partial charge in [-0.15, -0.1) is 0 Å². The van der Waals surface area contributed by atoms with E-state index in [0.29, 0.717) is 35.4 Å². The molecule has 0 fully saturated rings. The van der Waals surface area contributed by atoms with Crippen molar-refractivity contribution in [3.63, 3.8) is 0 Å². The largest absolute Gasteiger partial charge is 0.497 e. The Hall–Kier alpha value is -3.93. The predicted octanol–water partition coefficient (Wildman–Crippen LogP) is 6.29. The molecule has 1 aliphatic carbocycles. The fraction of sp³-hybridized carbons (Fsp3) is 0.241. The topological polar surface area (TPSA) is 58.6 Å². The third-order valence-electron chi connectivity index (χ3n) is 6.64. The number of ether oxygens (including phenoxy) is 1. The van der Waals surface area contributed by atoms with Gasteiger partial charge < -0.3 is 10.1 Å². The average Bonchev–Trinajstić information content (AvgIpc) is 2.97. The van der Waals surface area contributed by atoms with Crippen molar-refractivity contribution in [3.05, 3.63) is 101 Å². The van der Waals surface area contributed by atoms with E-state index in [1.54, 1.807) is 12.0 Å². The van der Waals surface area contributed by atoms with Crippen LogP contribution >= 0.6 is 0 Å². The first-order valence-electron chi connectivity index (χ1n) is 11.6. The minimum absolute atomic E-state index is 0.00859. The predicted molar refractivity (Wildman–Crippen MR) is 134 cm³/mol. The number of benzene rings is 3. The maximum atomic E-state index is 14.1. The standard InChI is InChI=1S/C29H27FN2O3/c1-29(2)16-23-26(25(33)17-29)27(18-10-14-21(35-3)15-11-18)32(24-7-5-4-6-22(24)31-23)28(34)19-8-12-20(30)13-9-19/h4-15,27,31H,16-17H2,1-3H3/t27-/m1/s1. The number of fused-ring (bicyclic) bond motifs is 1. The van der Waals surface area contributed by atoms with Crippen molar-refractivity contribution >= 4 is 23.1 Å². The number of nitrogens with one attached hydrogen (secondary N) is 1. The highest BCUT2D eigenvalue weighted by atomic mass is 19.1. The van der Waals surface area contributed by atoms with Crippen LogP contribution in [-0.4, -0.2) is 18.8 Å². The van der Waals surface area contributed by atoms with Crippen molar-refractivity contribution in [3.8, 4) is 5.75 Å². The first kappa shape index (κ1) is 22.8. The SMILES string of the molecule is COc1ccc([C@@H]2C3=C(CC(C)(C)CC3=O)Nc3ccccc3N2C(=O)c2ccc(F)cc2)cc1. The quantitative estimate of drug-likeness (QED) is 0.489. The highest BCUT2D eigenvalue weighted by Gasteiger charge is 2.43. The summed E-state index contributed by atoms with van der Waals surface area (Å²) in [7, 11) is 1.60. The summed E-state index contributed by atoms with van der Waals surface area (Å²) in [6.45, 7) is 4.16. The molecule has 178 valence electrons. The second-order valence-electron chi connectivity index (χ2n) is 9.83. The second-order valence-corrected chi connectivity index (χ2v) is 9.83. The van der Waals surface area contributed by atoms with E-state index in [9.17, 15) is 14.0 Å². The van der Waals surface area contributed by atoms with Crippen molar-refractivity contribution in [2.75, 3.05) is 17.3 Å². The number of Topliss-reactive ketones (excluding diaryl/α,β-unsaturated/α-hetero) is 1. The highest BCUT2D eigenvalue weighted by Crippen LogP contribution is 2.48. The summed E-state index contributed by atoms with van der Waals surface area (Å²) in [4.78, 5) is 29.4. The van der Waals surface area contributed by atoms with E-state index in [0.717, 1.165) is 16.9 Å². The Morgan fingerprint density at radius 2 is 1.69 bits per heavy atom. The molecule has 0 unspecified atom stereocenters. The first-order valence-corrected chi connectivity index (χ1v) is 11.6. The van der Waals surface area contributed by atoms with Crippen LogP contribution in [0.15, 0.2) is 84.1 Å². The van der Waals surface area contributed by atoms with Gasteiger partial charge >= 0.3 is 0 Å². The van der Waals surface area contributed by atoms with Gasteiger partial charge in [0.05, 0.1) is 24.5 Å². The smallest absolute Gasteiger partial charge is 0.259 e. The summed E-state index contributed by atoms with van der Waals surface area (Å²) in [5.41, 5.74) is 3.74. The van der Waals surface area contributed by atoms with Gasteiger partial charge in [-0.3, -0.25) is 14.5 Å². The van der Waals surface area contributed by atoms with Crippen LogP contribution in [0.4, 0.5) is 15.8 Å². The normalized spacial score (nSPS) is 18.8. The summed E-state index contributed by atoms with van der Waals surface area (Å²) in [6.07, 6.45) is 1.06. The molecule has 6 heteroatoms. The average molecular weight is 471 g/mol. The number of rotatable bonds is 3.